The lowest BCUT2D eigenvalue weighted by Gasteiger charge is -2.56. The summed E-state index contributed by atoms with van der Waals surface area (Å²) in [6.45, 7) is 9.12. The molecule has 0 aromatic carbocycles. The minimum atomic E-state index is -0.269. The smallest absolute Gasteiger partial charge is 0.330 e. The number of fused-ring (bicyclic) bond motifs is 5. The number of rotatable bonds is 4. The first-order valence-corrected chi connectivity index (χ1v) is 11.7. The maximum atomic E-state index is 13.3. The number of esters is 1. The van der Waals surface area contributed by atoms with Crippen LogP contribution in [0.3, 0.4) is 0 Å². The lowest BCUT2D eigenvalue weighted by Crippen LogP contribution is -2.52. The molecule has 164 valence electrons. The summed E-state index contributed by atoms with van der Waals surface area (Å²) in [4.78, 5) is 25.1. The van der Waals surface area contributed by atoms with Gasteiger partial charge in [-0.25, -0.2) is 4.79 Å². The molecule has 0 aliphatic heterocycles. The molecule has 0 radical (unpaired) electrons. The zero-order valence-corrected chi connectivity index (χ0v) is 18.8. The second kappa shape index (κ2) is 7.69. The Labute approximate surface area is 180 Å². The minimum absolute atomic E-state index is 0.000345. The zero-order chi connectivity index (χ0) is 21.7. The largest absolute Gasteiger partial charge is 0.512 e. The lowest BCUT2D eigenvalue weighted by molar-refractivity contribution is -0.137. The van der Waals surface area contributed by atoms with Crippen molar-refractivity contribution < 1.29 is 19.4 Å². The van der Waals surface area contributed by atoms with Gasteiger partial charge in [0.2, 0.25) is 0 Å². The van der Waals surface area contributed by atoms with E-state index < -0.39 is 0 Å². The Bertz CT molecular complexity index is 821. The SMILES string of the molecule is CCOC(=O)/C=C/[C@@H](C)[C@H]1CC[C@H]2[C@@H]3C(=O)C=C4C=C(O)CC[C@]4(C)[C@H]3CC[C@]12C. The van der Waals surface area contributed by atoms with Crippen LogP contribution in [0.4, 0.5) is 0 Å². The van der Waals surface area contributed by atoms with Crippen molar-refractivity contribution in [3.8, 4) is 0 Å². The van der Waals surface area contributed by atoms with Crippen LogP contribution in [0.15, 0.2) is 35.6 Å². The molecule has 0 unspecified atom stereocenters. The fourth-order valence-corrected chi connectivity index (χ4v) is 7.51. The van der Waals surface area contributed by atoms with Gasteiger partial charge in [0.1, 0.15) is 0 Å². The standard InChI is InChI=1S/C26H36O4/c1-5-30-23(29)9-6-16(2)19-7-8-20-24-21(11-13-26(19,20)4)25(3)12-10-18(27)14-17(25)15-22(24)28/h6,9,14-16,19-21,24,27H,5,7-8,10-13H2,1-4H3/b9-6+/t16-,19-,20+,21+,24+,25+,26-/m1/s1. The molecule has 1 N–H and O–H groups in total. The van der Waals surface area contributed by atoms with Gasteiger partial charge in [-0.15, -0.1) is 0 Å². The maximum Gasteiger partial charge on any atom is 0.330 e. The van der Waals surface area contributed by atoms with Crippen molar-refractivity contribution in [2.45, 2.75) is 66.2 Å². The first kappa shape index (κ1) is 21.4. The van der Waals surface area contributed by atoms with E-state index in [-0.39, 0.29) is 34.4 Å². The molecular formula is C26H36O4. The zero-order valence-electron chi connectivity index (χ0n) is 18.8. The lowest BCUT2D eigenvalue weighted by atomic mass is 9.47. The highest BCUT2D eigenvalue weighted by atomic mass is 16.5. The number of ether oxygens (including phenoxy) is 1. The van der Waals surface area contributed by atoms with Crippen LogP contribution < -0.4 is 0 Å². The minimum Gasteiger partial charge on any atom is -0.512 e. The van der Waals surface area contributed by atoms with E-state index >= 15 is 0 Å². The van der Waals surface area contributed by atoms with Crippen LogP contribution in [0, 0.1) is 40.4 Å². The van der Waals surface area contributed by atoms with Crippen LogP contribution >= 0.6 is 0 Å². The molecule has 4 nitrogen and oxygen atoms in total. The fourth-order valence-electron chi connectivity index (χ4n) is 7.51. The number of hydrogen-bond acceptors (Lipinski definition) is 4. The van der Waals surface area contributed by atoms with Crippen LogP contribution in [0.5, 0.6) is 0 Å². The van der Waals surface area contributed by atoms with Crippen molar-refractivity contribution in [2.75, 3.05) is 6.61 Å². The highest BCUT2D eigenvalue weighted by Crippen LogP contribution is 2.66. The molecule has 0 aromatic rings. The van der Waals surface area contributed by atoms with Gasteiger partial charge in [0.05, 0.1) is 12.4 Å². The van der Waals surface area contributed by atoms with Crippen LogP contribution in [-0.4, -0.2) is 23.5 Å². The molecule has 4 aliphatic rings. The topological polar surface area (TPSA) is 63.6 Å². The predicted octanol–water partition coefficient (Wildman–Crippen LogP) is 5.55. The summed E-state index contributed by atoms with van der Waals surface area (Å²) in [6.07, 6.45) is 13.3. The summed E-state index contributed by atoms with van der Waals surface area (Å²) in [7, 11) is 0. The van der Waals surface area contributed by atoms with Crippen molar-refractivity contribution >= 4 is 11.8 Å². The normalized spacial score (nSPS) is 41.4. The molecule has 0 heterocycles. The van der Waals surface area contributed by atoms with Gasteiger partial charge >= 0.3 is 5.97 Å². The number of aliphatic hydroxyl groups is 1. The third-order valence-electron chi connectivity index (χ3n) is 9.13. The molecule has 4 heteroatoms. The van der Waals surface area contributed by atoms with E-state index in [1.807, 2.05) is 25.2 Å². The summed E-state index contributed by atoms with van der Waals surface area (Å²) >= 11 is 0. The van der Waals surface area contributed by atoms with Gasteiger partial charge in [-0.1, -0.05) is 26.8 Å². The molecule has 2 saturated carbocycles. The predicted molar refractivity (Wildman–Crippen MR) is 117 cm³/mol. The van der Waals surface area contributed by atoms with Crippen molar-refractivity contribution in [1.82, 2.24) is 0 Å². The van der Waals surface area contributed by atoms with Crippen molar-refractivity contribution in [3.63, 3.8) is 0 Å². The second-order valence-corrected chi connectivity index (χ2v) is 10.5. The number of carbonyl (C=O) groups excluding carboxylic acids is 2. The molecule has 0 saturated heterocycles. The molecule has 0 spiro atoms. The Balaban J connectivity index is 1.59. The Hall–Kier alpha value is -1.84. The highest BCUT2D eigenvalue weighted by molar-refractivity contribution is 5.95. The molecule has 30 heavy (non-hydrogen) atoms. The summed E-state index contributed by atoms with van der Waals surface area (Å²) in [6, 6.07) is 0. The van der Waals surface area contributed by atoms with Gasteiger partial charge < -0.3 is 9.84 Å². The first-order valence-electron chi connectivity index (χ1n) is 11.7. The number of carbonyl (C=O) groups is 2. The van der Waals surface area contributed by atoms with Gasteiger partial charge in [0, 0.05) is 18.4 Å². The Kier molecular flexibility index (Phi) is 5.48. The van der Waals surface area contributed by atoms with E-state index in [1.165, 1.54) is 0 Å². The monoisotopic (exact) mass is 412 g/mol. The molecule has 0 bridgehead atoms. The second-order valence-electron chi connectivity index (χ2n) is 10.5. The first-order chi connectivity index (χ1) is 14.2. The average molecular weight is 413 g/mol. The fraction of sp³-hybridized carbons (Fsp3) is 0.692. The quantitative estimate of drug-likeness (QED) is 0.485. The van der Waals surface area contributed by atoms with Crippen LogP contribution in [0.25, 0.3) is 0 Å². The highest BCUT2D eigenvalue weighted by Gasteiger charge is 2.60. The molecule has 4 aliphatic carbocycles. The maximum absolute atomic E-state index is 13.3. The van der Waals surface area contributed by atoms with Crippen molar-refractivity contribution in [2.24, 2.45) is 40.4 Å². The van der Waals surface area contributed by atoms with Crippen LogP contribution in [0.2, 0.25) is 0 Å². The van der Waals surface area contributed by atoms with E-state index in [4.69, 9.17) is 4.74 Å². The molecular weight excluding hydrogens is 376 g/mol. The van der Waals surface area contributed by atoms with Crippen molar-refractivity contribution in [3.05, 3.63) is 35.6 Å². The van der Waals surface area contributed by atoms with E-state index in [0.29, 0.717) is 36.5 Å². The number of aliphatic hydroxyl groups excluding tert-OH is 1. The van der Waals surface area contributed by atoms with Gasteiger partial charge in [-0.2, -0.15) is 0 Å². The van der Waals surface area contributed by atoms with E-state index in [0.717, 1.165) is 37.7 Å². The summed E-state index contributed by atoms with van der Waals surface area (Å²) < 4.78 is 5.04. The van der Waals surface area contributed by atoms with E-state index in [2.05, 4.69) is 20.8 Å². The van der Waals surface area contributed by atoms with Gasteiger partial charge in [0.15, 0.2) is 5.78 Å². The van der Waals surface area contributed by atoms with Crippen LogP contribution in [0.1, 0.15) is 66.2 Å². The Morgan fingerprint density at radius 2 is 2.00 bits per heavy atom. The Morgan fingerprint density at radius 1 is 1.23 bits per heavy atom. The Morgan fingerprint density at radius 3 is 2.73 bits per heavy atom. The molecule has 0 aromatic heterocycles. The number of allylic oxidation sites excluding steroid dienone is 5. The molecule has 2 fully saturated rings. The van der Waals surface area contributed by atoms with Gasteiger partial charge in [-0.05, 0) is 91.3 Å². The number of hydrogen-bond donors (Lipinski definition) is 1. The van der Waals surface area contributed by atoms with E-state index in [9.17, 15) is 14.7 Å². The van der Waals surface area contributed by atoms with Gasteiger partial charge in [0.25, 0.3) is 0 Å². The molecule has 7 atom stereocenters. The third-order valence-corrected chi connectivity index (χ3v) is 9.13. The van der Waals surface area contributed by atoms with Crippen LogP contribution in [-0.2, 0) is 14.3 Å². The summed E-state index contributed by atoms with van der Waals surface area (Å²) in [5.74, 6) is 2.05. The average Bonchev–Trinajstić information content (AvgIpc) is 3.05. The van der Waals surface area contributed by atoms with Crippen molar-refractivity contribution in [1.29, 1.82) is 0 Å². The van der Waals surface area contributed by atoms with Gasteiger partial charge in [-0.3, -0.25) is 4.79 Å². The summed E-state index contributed by atoms with van der Waals surface area (Å²) in [5, 5.41) is 10.0. The molecule has 0 amide bonds. The summed E-state index contributed by atoms with van der Waals surface area (Å²) in [5.41, 5.74) is 1.17. The number of ketones is 1. The third kappa shape index (κ3) is 3.27. The molecule has 4 rings (SSSR count). The van der Waals surface area contributed by atoms with E-state index in [1.54, 1.807) is 6.08 Å².